The lowest BCUT2D eigenvalue weighted by molar-refractivity contribution is 0.341. The fourth-order valence-corrected chi connectivity index (χ4v) is 3.07. The maximum absolute atomic E-state index is 8.71. The molecule has 1 aliphatic heterocycles. The van der Waals surface area contributed by atoms with Gasteiger partial charge in [-0.15, -0.1) is 0 Å². The van der Waals surface area contributed by atoms with E-state index in [0.717, 1.165) is 3.58 Å². The largest absolute Gasteiger partial charge is 0.391 e. The van der Waals surface area contributed by atoms with Crippen LogP contribution in [0, 0.1) is 0 Å². The van der Waals surface area contributed by atoms with E-state index in [2.05, 4.69) is 0 Å². The van der Waals surface area contributed by atoms with Gasteiger partial charge in [-0.2, -0.15) is 0 Å². The van der Waals surface area contributed by atoms with Crippen molar-refractivity contribution < 1.29 is 5.11 Å². The quantitative estimate of drug-likeness (QED) is 0.735. The molecule has 0 saturated heterocycles. The number of hydrogen-bond donors (Lipinski definition) is 1. The van der Waals surface area contributed by atoms with E-state index < -0.39 is 0 Å². The van der Waals surface area contributed by atoms with Crippen LogP contribution in [0.1, 0.15) is 0 Å². The molecule has 4 heteroatoms. The van der Waals surface area contributed by atoms with Crippen LogP contribution in [0.25, 0.3) is 0 Å². The number of halogens is 3. The van der Waals surface area contributed by atoms with Crippen molar-refractivity contribution in [1.82, 2.24) is 0 Å². The number of allylic oxidation sites excluding steroid dienone is 3. The Morgan fingerprint density at radius 3 is 2.60 bits per heavy atom. The molecule has 0 unspecified atom stereocenters. The lowest BCUT2D eigenvalue weighted by atomic mass is 10.4. The van der Waals surface area contributed by atoms with Gasteiger partial charge < -0.3 is 5.11 Å². The van der Waals surface area contributed by atoms with Crippen LogP contribution in [0.2, 0.25) is 0 Å². The SMILES string of the molecule is OCC1=CC(Cl)=C(Cl)C=I1. The van der Waals surface area contributed by atoms with Gasteiger partial charge in [0.2, 0.25) is 0 Å². The maximum atomic E-state index is 8.71. The summed E-state index contributed by atoms with van der Waals surface area (Å²) in [5, 5.41) is 9.87. The van der Waals surface area contributed by atoms with Crippen LogP contribution in [0.5, 0.6) is 0 Å². The van der Waals surface area contributed by atoms with Crippen molar-refractivity contribution in [2.45, 2.75) is 0 Å². The molecule has 0 aromatic rings. The minimum absolute atomic E-state index is 0.101. The van der Waals surface area contributed by atoms with E-state index in [9.17, 15) is 0 Å². The zero-order valence-corrected chi connectivity index (χ0v) is 8.61. The third-order valence-corrected chi connectivity index (χ3v) is 4.43. The first-order valence-electron chi connectivity index (χ1n) is 2.57. The van der Waals surface area contributed by atoms with Crippen molar-refractivity contribution in [3.05, 3.63) is 19.7 Å². The Balaban J connectivity index is 2.91. The molecule has 1 nitrogen and oxygen atoms in total. The van der Waals surface area contributed by atoms with Gasteiger partial charge in [0.05, 0.1) is 16.7 Å². The first-order chi connectivity index (χ1) is 4.74. The van der Waals surface area contributed by atoms with Gasteiger partial charge >= 0.3 is 0 Å². The average molecular weight is 291 g/mol. The number of aliphatic hydroxyl groups is 1. The number of aliphatic hydroxyl groups excluding tert-OH is 1. The fraction of sp³-hybridized carbons (Fsp3) is 0.167. The maximum Gasteiger partial charge on any atom is 0.0735 e. The first-order valence-corrected chi connectivity index (χ1v) is 5.65. The molecule has 0 spiro atoms. The number of rotatable bonds is 1. The standard InChI is InChI=1S/C6H5Cl2IO/c7-5-1-4(3-10)9-2-6(5)8/h1-2,10H,3H2. The summed E-state index contributed by atoms with van der Waals surface area (Å²) in [6.07, 6.45) is 1.75. The summed E-state index contributed by atoms with van der Waals surface area (Å²) in [5.74, 6) is 0. The van der Waals surface area contributed by atoms with Crippen LogP contribution < -0.4 is 0 Å². The molecule has 0 radical (unpaired) electrons. The summed E-state index contributed by atoms with van der Waals surface area (Å²) >= 11 is 11.2. The number of hydrogen-bond acceptors (Lipinski definition) is 1. The highest BCUT2D eigenvalue weighted by atomic mass is 127. The minimum atomic E-state index is -0.207. The van der Waals surface area contributed by atoms with Crippen molar-refractivity contribution in [2.24, 2.45) is 0 Å². The highest BCUT2D eigenvalue weighted by molar-refractivity contribution is 14.2. The molecule has 10 heavy (non-hydrogen) atoms. The molecule has 0 aromatic carbocycles. The van der Waals surface area contributed by atoms with Gasteiger partial charge in [0.1, 0.15) is 0 Å². The molecule has 0 aliphatic carbocycles. The second kappa shape index (κ2) is 3.85. The van der Waals surface area contributed by atoms with Gasteiger partial charge in [0, 0.05) is 3.58 Å². The minimum Gasteiger partial charge on any atom is -0.391 e. The second-order valence-electron chi connectivity index (χ2n) is 1.66. The Labute approximate surface area is 79.1 Å². The molecular weight excluding hydrogens is 286 g/mol. The van der Waals surface area contributed by atoms with Crippen LogP contribution in [0.4, 0.5) is 0 Å². The molecule has 1 heterocycles. The van der Waals surface area contributed by atoms with E-state index in [1.54, 1.807) is 6.08 Å². The highest BCUT2D eigenvalue weighted by Gasteiger charge is 2.02. The summed E-state index contributed by atoms with van der Waals surface area (Å²) in [6, 6.07) is 0. The smallest absolute Gasteiger partial charge is 0.0735 e. The van der Waals surface area contributed by atoms with E-state index in [4.69, 9.17) is 28.3 Å². The van der Waals surface area contributed by atoms with Crippen LogP contribution in [0.15, 0.2) is 19.7 Å². The van der Waals surface area contributed by atoms with E-state index >= 15 is 0 Å². The molecule has 1 N–H and O–H groups in total. The first kappa shape index (κ1) is 8.71. The van der Waals surface area contributed by atoms with E-state index in [1.807, 2.05) is 4.01 Å². The molecule has 0 saturated carbocycles. The topological polar surface area (TPSA) is 20.2 Å². The lowest BCUT2D eigenvalue weighted by Gasteiger charge is -2.02. The van der Waals surface area contributed by atoms with Crippen molar-refractivity contribution in [3.63, 3.8) is 0 Å². The predicted molar refractivity (Wildman–Crippen MR) is 54.0 cm³/mol. The lowest BCUT2D eigenvalue weighted by Crippen LogP contribution is -1.87. The Kier molecular flexibility index (Phi) is 3.36. The zero-order chi connectivity index (χ0) is 7.56. The predicted octanol–water partition coefficient (Wildman–Crippen LogP) is 2.34. The molecule has 1 rings (SSSR count). The van der Waals surface area contributed by atoms with Crippen molar-refractivity contribution in [3.8, 4) is 0 Å². The van der Waals surface area contributed by atoms with E-state index in [-0.39, 0.29) is 27.3 Å². The third-order valence-electron chi connectivity index (χ3n) is 0.953. The van der Waals surface area contributed by atoms with Gasteiger partial charge in [-0.05, 0) is 10.1 Å². The van der Waals surface area contributed by atoms with Crippen LogP contribution in [-0.2, 0) is 0 Å². The van der Waals surface area contributed by atoms with Crippen LogP contribution >= 0.6 is 43.9 Å². The van der Waals surface area contributed by atoms with Crippen molar-refractivity contribution in [1.29, 1.82) is 0 Å². The summed E-state index contributed by atoms with van der Waals surface area (Å²) < 4.78 is 2.90. The van der Waals surface area contributed by atoms with Gasteiger partial charge in [0.25, 0.3) is 0 Å². The van der Waals surface area contributed by atoms with Crippen molar-refractivity contribution >= 4 is 47.9 Å². The normalized spacial score (nSPS) is 18.5. The molecule has 0 amide bonds. The molecule has 0 bridgehead atoms. The summed E-state index contributed by atoms with van der Waals surface area (Å²) in [6.45, 7) is 0.101. The van der Waals surface area contributed by atoms with Crippen LogP contribution in [-0.4, -0.2) is 15.7 Å². The summed E-state index contributed by atoms with van der Waals surface area (Å²) in [7, 11) is 0. The average Bonchev–Trinajstić information content (AvgIpc) is 1.95. The molecule has 0 fully saturated rings. The molecule has 1 aliphatic rings. The third kappa shape index (κ3) is 2.05. The fourth-order valence-electron chi connectivity index (χ4n) is 0.488. The summed E-state index contributed by atoms with van der Waals surface area (Å²) in [5.41, 5.74) is 0. The van der Waals surface area contributed by atoms with Crippen molar-refractivity contribution in [2.75, 3.05) is 6.61 Å². The monoisotopic (exact) mass is 290 g/mol. The summed E-state index contributed by atoms with van der Waals surface area (Å²) in [4.78, 5) is 0. The Morgan fingerprint density at radius 2 is 2.10 bits per heavy atom. The Bertz CT molecular complexity index is 230. The van der Waals surface area contributed by atoms with Crippen LogP contribution in [0.3, 0.4) is 0 Å². The second-order valence-corrected chi connectivity index (χ2v) is 5.11. The van der Waals surface area contributed by atoms with Gasteiger partial charge in [-0.1, -0.05) is 43.9 Å². The highest BCUT2D eigenvalue weighted by Crippen LogP contribution is 2.27. The van der Waals surface area contributed by atoms with E-state index in [0.29, 0.717) is 10.1 Å². The zero-order valence-electron chi connectivity index (χ0n) is 4.94. The molecular formula is C6H5Cl2IO. The van der Waals surface area contributed by atoms with Gasteiger partial charge in [-0.25, -0.2) is 0 Å². The van der Waals surface area contributed by atoms with Gasteiger partial charge in [0.15, 0.2) is 0 Å². The molecule has 0 aromatic heterocycles. The Hall–Kier alpha value is 0.620. The molecule has 56 valence electrons. The van der Waals surface area contributed by atoms with Gasteiger partial charge in [-0.3, -0.25) is 0 Å². The Morgan fingerprint density at radius 1 is 1.40 bits per heavy atom. The van der Waals surface area contributed by atoms with E-state index in [1.165, 1.54) is 0 Å². The molecule has 0 atom stereocenters.